The molecule has 0 aromatic heterocycles. The van der Waals surface area contributed by atoms with Crippen LogP contribution in [0.5, 0.6) is 0 Å². The van der Waals surface area contributed by atoms with Crippen LogP contribution in [0.1, 0.15) is 31.2 Å². The van der Waals surface area contributed by atoms with E-state index in [0.717, 1.165) is 45.2 Å². The standard InChI is InChI=1S/C21H25NO3/c23-20(18-15-11-16-17(12-15)25-21(24)19(16)18)22-8-6-14(7-9-22)10-13-4-2-1-3-5-13/h1-5,14-19H,6-12H2/t15-,16+,17-,18+,19-/m1/s1. The quantitative estimate of drug-likeness (QED) is 0.796. The number of nitrogens with zero attached hydrogens (tertiary/aromatic N) is 1. The Morgan fingerprint density at radius 1 is 1.12 bits per heavy atom. The summed E-state index contributed by atoms with van der Waals surface area (Å²) >= 11 is 0. The van der Waals surface area contributed by atoms with Gasteiger partial charge in [0.05, 0.1) is 11.8 Å². The van der Waals surface area contributed by atoms with Crippen molar-refractivity contribution in [3.63, 3.8) is 0 Å². The molecular weight excluding hydrogens is 314 g/mol. The van der Waals surface area contributed by atoms with Crippen molar-refractivity contribution in [3.05, 3.63) is 35.9 Å². The van der Waals surface area contributed by atoms with Crippen LogP contribution in [0.15, 0.2) is 30.3 Å². The third-order valence-electron chi connectivity index (χ3n) is 7.06. The molecule has 1 aromatic carbocycles. The van der Waals surface area contributed by atoms with Gasteiger partial charge in [-0.15, -0.1) is 0 Å². The van der Waals surface area contributed by atoms with E-state index >= 15 is 0 Å². The summed E-state index contributed by atoms with van der Waals surface area (Å²) in [6.45, 7) is 1.69. The van der Waals surface area contributed by atoms with Crippen LogP contribution < -0.4 is 0 Å². The van der Waals surface area contributed by atoms with Crippen molar-refractivity contribution in [1.82, 2.24) is 4.90 Å². The van der Waals surface area contributed by atoms with Gasteiger partial charge in [-0.1, -0.05) is 30.3 Å². The van der Waals surface area contributed by atoms with Crippen LogP contribution in [0.2, 0.25) is 0 Å². The minimum Gasteiger partial charge on any atom is -0.462 e. The summed E-state index contributed by atoms with van der Waals surface area (Å²) in [7, 11) is 0. The molecule has 132 valence electrons. The Balaban J connectivity index is 1.21. The SMILES string of the molecule is O=C1O[C@@H]2C[C@H]3C[C@@H]2[C@@H]1[C@H]3C(=O)N1CCC(Cc2ccccc2)CC1. The molecule has 2 bridgehead atoms. The Labute approximate surface area is 148 Å². The van der Waals surface area contributed by atoms with Crippen LogP contribution in [0.25, 0.3) is 0 Å². The monoisotopic (exact) mass is 339 g/mol. The van der Waals surface area contributed by atoms with Crippen molar-refractivity contribution in [3.8, 4) is 0 Å². The van der Waals surface area contributed by atoms with Gasteiger partial charge >= 0.3 is 5.97 Å². The van der Waals surface area contributed by atoms with Crippen LogP contribution >= 0.6 is 0 Å². The lowest BCUT2D eigenvalue weighted by molar-refractivity contribution is -0.148. The minimum atomic E-state index is -0.140. The Bertz CT molecular complexity index is 678. The maximum atomic E-state index is 13.1. The first-order valence-corrected chi connectivity index (χ1v) is 9.74. The molecule has 0 spiro atoms. The topological polar surface area (TPSA) is 46.6 Å². The highest BCUT2D eigenvalue weighted by molar-refractivity contribution is 5.88. The van der Waals surface area contributed by atoms with Gasteiger partial charge in [0.2, 0.25) is 5.91 Å². The number of hydrogen-bond acceptors (Lipinski definition) is 3. The van der Waals surface area contributed by atoms with Crippen molar-refractivity contribution < 1.29 is 14.3 Å². The number of piperidine rings is 1. The second-order valence-corrected chi connectivity index (χ2v) is 8.38. The molecule has 2 saturated carbocycles. The predicted octanol–water partition coefficient (Wildman–Crippen LogP) is 2.67. The van der Waals surface area contributed by atoms with Gasteiger partial charge in [-0.3, -0.25) is 9.59 Å². The first-order chi connectivity index (χ1) is 12.2. The van der Waals surface area contributed by atoms with E-state index in [1.807, 2.05) is 4.90 Å². The number of fused-ring (bicyclic) bond motifs is 1. The van der Waals surface area contributed by atoms with Crippen molar-refractivity contribution in [2.75, 3.05) is 13.1 Å². The summed E-state index contributed by atoms with van der Waals surface area (Å²) in [5.41, 5.74) is 1.39. The number of carbonyl (C=O) groups excluding carboxylic acids is 2. The van der Waals surface area contributed by atoms with Gasteiger partial charge in [-0.2, -0.15) is 0 Å². The van der Waals surface area contributed by atoms with E-state index in [9.17, 15) is 9.59 Å². The second kappa shape index (κ2) is 5.86. The number of likely N-dealkylation sites (tertiary alicyclic amines) is 1. The number of amides is 1. The minimum absolute atomic E-state index is 0.0954. The number of benzene rings is 1. The van der Waals surface area contributed by atoms with E-state index in [2.05, 4.69) is 30.3 Å². The Kier molecular flexibility index (Phi) is 3.61. The van der Waals surface area contributed by atoms with Crippen molar-refractivity contribution in [2.45, 2.75) is 38.2 Å². The lowest BCUT2D eigenvalue weighted by atomic mass is 9.78. The van der Waals surface area contributed by atoms with Crippen LogP contribution in [0, 0.1) is 29.6 Å². The van der Waals surface area contributed by atoms with Crippen molar-refractivity contribution in [1.29, 1.82) is 0 Å². The molecular formula is C21H25NO3. The molecule has 0 N–H and O–H groups in total. The summed E-state index contributed by atoms with van der Waals surface area (Å²) < 4.78 is 5.48. The summed E-state index contributed by atoms with van der Waals surface area (Å²) in [5.74, 6) is 1.25. The fourth-order valence-electron chi connectivity index (χ4n) is 5.86. The second-order valence-electron chi connectivity index (χ2n) is 8.38. The molecule has 5 rings (SSSR count). The van der Waals surface area contributed by atoms with Gasteiger partial charge in [-0.25, -0.2) is 0 Å². The van der Waals surface area contributed by atoms with Crippen LogP contribution in [0.4, 0.5) is 0 Å². The molecule has 2 aliphatic carbocycles. The zero-order valence-corrected chi connectivity index (χ0v) is 14.5. The molecule has 5 atom stereocenters. The van der Waals surface area contributed by atoms with E-state index in [1.165, 1.54) is 5.56 Å². The molecule has 2 heterocycles. The van der Waals surface area contributed by atoms with Crippen molar-refractivity contribution >= 4 is 11.9 Å². The molecule has 4 heteroatoms. The van der Waals surface area contributed by atoms with Crippen LogP contribution in [0.3, 0.4) is 0 Å². The van der Waals surface area contributed by atoms with E-state index < -0.39 is 0 Å². The van der Waals surface area contributed by atoms with E-state index in [4.69, 9.17) is 4.74 Å². The third kappa shape index (κ3) is 2.49. The van der Waals surface area contributed by atoms with Crippen molar-refractivity contribution in [2.24, 2.45) is 29.6 Å². The third-order valence-corrected chi connectivity index (χ3v) is 7.06. The maximum Gasteiger partial charge on any atom is 0.310 e. The summed E-state index contributed by atoms with van der Waals surface area (Å²) in [4.78, 5) is 27.3. The first kappa shape index (κ1) is 15.4. The van der Waals surface area contributed by atoms with Gasteiger partial charge in [0, 0.05) is 19.0 Å². The molecule has 4 fully saturated rings. The molecule has 2 aliphatic heterocycles. The zero-order valence-electron chi connectivity index (χ0n) is 14.5. The highest BCUT2D eigenvalue weighted by atomic mass is 16.6. The number of ether oxygens (including phenoxy) is 1. The van der Waals surface area contributed by atoms with Gasteiger partial charge in [0.15, 0.2) is 0 Å². The van der Waals surface area contributed by atoms with Gasteiger partial charge in [-0.05, 0) is 49.5 Å². The lowest BCUT2D eigenvalue weighted by Gasteiger charge is -2.36. The summed E-state index contributed by atoms with van der Waals surface area (Å²) in [6, 6.07) is 10.6. The summed E-state index contributed by atoms with van der Waals surface area (Å²) in [5, 5.41) is 0. The number of carbonyl (C=O) groups is 2. The van der Waals surface area contributed by atoms with Gasteiger partial charge in [0.1, 0.15) is 6.10 Å². The largest absolute Gasteiger partial charge is 0.462 e. The average molecular weight is 339 g/mol. The molecule has 25 heavy (non-hydrogen) atoms. The average Bonchev–Trinajstić information content (AvgIpc) is 3.25. The smallest absolute Gasteiger partial charge is 0.310 e. The normalized spacial score (nSPS) is 36.7. The molecule has 2 saturated heterocycles. The van der Waals surface area contributed by atoms with Gasteiger partial charge < -0.3 is 9.64 Å². The molecule has 4 aliphatic rings. The van der Waals surface area contributed by atoms with E-state index in [-0.39, 0.29) is 29.8 Å². The molecule has 0 unspecified atom stereocenters. The highest BCUT2D eigenvalue weighted by Crippen LogP contribution is 2.58. The molecule has 0 radical (unpaired) electrons. The number of esters is 1. The Hall–Kier alpha value is -1.84. The number of rotatable bonds is 3. The fourth-order valence-corrected chi connectivity index (χ4v) is 5.86. The van der Waals surface area contributed by atoms with E-state index in [1.54, 1.807) is 0 Å². The van der Waals surface area contributed by atoms with E-state index in [0.29, 0.717) is 17.8 Å². The highest BCUT2D eigenvalue weighted by Gasteiger charge is 2.64. The molecule has 1 amide bonds. The van der Waals surface area contributed by atoms with Crippen LogP contribution in [-0.4, -0.2) is 36.0 Å². The molecule has 1 aromatic rings. The lowest BCUT2D eigenvalue weighted by Crippen LogP contribution is -2.46. The fraction of sp³-hybridized carbons (Fsp3) is 0.619. The number of hydrogen-bond donors (Lipinski definition) is 0. The predicted molar refractivity (Wildman–Crippen MR) is 92.5 cm³/mol. The first-order valence-electron chi connectivity index (χ1n) is 9.74. The maximum absolute atomic E-state index is 13.1. The Morgan fingerprint density at radius 3 is 2.64 bits per heavy atom. The summed E-state index contributed by atoms with van der Waals surface area (Å²) in [6.07, 6.45) is 5.28. The van der Waals surface area contributed by atoms with Gasteiger partial charge in [0.25, 0.3) is 0 Å². The Morgan fingerprint density at radius 2 is 1.88 bits per heavy atom. The van der Waals surface area contributed by atoms with Crippen LogP contribution in [-0.2, 0) is 20.7 Å². The molecule has 4 nitrogen and oxygen atoms in total. The zero-order chi connectivity index (χ0) is 17.0.